The third kappa shape index (κ3) is 5.03. The fraction of sp³-hybridized carbons (Fsp3) is 0.647. The van der Waals surface area contributed by atoms with Crippen molar-refractivity contribution in [3.8, 4) is 0 Å². The molecule has 2 atom stereocenters. The zero-order valence-corrected chi connectivity index (χ0v) is 12.5. The van der Waals surface area contributed by atoms with Crippen LogP contribution in [0.5, 0.6) is 0 Å². The minimum atomic E-state index is -4.25. The number of hydrogen-bond acceptors (Lipinski definition) is 1. The number of nitrogens with one attached hydrogen (secondary N) is 1. The van der Waals surface area contributed by atoms with E-state index in [0.717, 1.165) is 23.6 Å². The first-order chi connectivity index (χ1) is 9.99. The van der Waals surface area contributed by atoms with Crippen LogP contribution in [0.4, 0.5) is 13.2 Å². The Bertz CT molecular complexity index is 425. The maximum atomic E-state index is 12.5. The van der Waals surface area contributed by atoms with E-state index in [1.165, 1.54) is 38.5 Å². The molecule has 0 spiro atoms. The molecule has 1 saturated carbocycles. The third-order valence-corrected chi connectivity index (χ3v) is 4.54. The van der Waals surface area contributed by atoms with Crippen LogP contribution in [0.1, 0.15) is 56.6 Å². The van der Waals surface area contributed by atoms with Gasteiger partial charge in [0.25, 0.3) is 0 Å². The van der Waals surface area contributed by atoms with Gasteiger partial charge in [-0.1, -0.05) is 38.3 Å². The van der Waals surface area contributed by atoms with Gasteiger partial charge < -0.3 is 5.32 Å². The summed E-state index contributed by atoms with van der Waals surface area (Å²) < 4.78 is 37.5. The summed E-state index contributed by atoms with van der Waals surface area (Å²) in [7, 11) is 0. The normalized spacial score (nSPS) is 23.8. The van der Waals surface area contributed by atoms with Crippen LogP contribution in [-0.4, -0.2) is 6.04 Å². The van der Waals surface area contributed by atoms with Crippen molar-refractivity contribution in [3.05, 3.63) is 35.4 Å². The number of rotatable bonds is 4. The fourth-order valence-electron chi connectivity index (χ4n) is 3.06. The van der Waals surface area contributed by atoms with Crippen molar-refractivity contribution in [1.82, 2.24) is 5.32 Å². The summed E-state index contributed by atoms with van der Waals surface area (Å²) in [5.74, 6) is 0.850. The summed E-state index contributed by atoms with van der Waals surface area (Å²) in [4.78, 5) is 0. The Morgan fingerprint density at radius 2 is 1.76 bits per heavy atom. The Labute approximate surface area is 124 Å². The SMILES string of the molecule is CCC1CCCC(NCc2ccc(C(F)(F)F)cc2)CC1. The van der Waals surface area contributed by atoms with Crippen LogP contribution in [-0.2, 0) is 12.7 Å². The van der Waals surface area contributed by atoms with E-state index in [0.29, 0.717) is 12.6 Å². The molecule has 1 aliphatic carbocycles. The molecular formula is C17H24F3N. The van der Waals surface area contributed by atoms with E-state index < -0.39 is 11.7 Å². The van der Waals surface area contributed by atoms with Crippen LogP contribution in [0.15, 0.2) is 24.3 Å². The second-order valence-corrected chi connectivity index (χ2v) is 6.06. The fourth-order valence-corrected chi connectivity index (χ4v) is 3.06. The van der Waals surface area contributed by atoms with Crippen LogP contribution < -0.4 is 5.32 Å². The number of hydrogen-bond donors (Lipinski definition) is 1. The molecule has 0 heterocycles. The molecule has 1 aromatic carbocycles. The lowest BCUT2D eigenvalue weighted by atomic mass is 9.98. The Morgan fingerprint density at radius 3 is 2.38 bits per heavy atom. The second-order valence-electron chi connectivity index (χ2n) is 6.06. The highest BCUT2D eigenvalue weighted by molar-refractivity contribution is 5.24. The van der Waals surface area contributed by atoms with Crippen LogP contribution in [0.25, 0.3) is 0 Å². The molecule has 1 fully saturated rings. The maximum absolute atomic E-state index is 12.5. The molecule has 0 aliphatic heterocycles. The van der Waals surface area contributed by atoms with Crippen molar-refractivity contribution in [1.29, 1.82) is 0 Å². The van der Waals surface area contributed by atoms with Gasteiger partial charge in [-0.25, -0.2) is 0 Å². The van der Waals surface area contributed by atoms with Gasteiger partial charge in [-0.15, -0.1) is 0 Å². The summed E-state index contributed by atoms with van der Waals surface area (Å²) in [6.45, 7) is 2.90. The molecule has 1 aliphatic rings. The maximum Gasteiger partial charge on any atom is 0.416 e. The zero-order chi connectivity index (χ0) is 15.3. The first-order valence-electron chi connectivity index (χ1n) is 7.88. The Morgan fingerprint density at radius 1 is 1.05 bits per heavy atom. The molecule has 0 saturated heterocycles. The van der Waals surface area contributed by atoms with Crippen molar-refractivity contribution >= 4 is 0 Å². The number of halogens is 3. The van der Waals surface area contributed by atoms with Crippen molar-refractivity contribution < 1.29 is 13.2 Å². The summed E-state index contributed by atoms with van der Waals surface area (Å²) in [6, 6.07) is 5.97. The van der Waals surface area contributed by atoms with Gasteiger partial charge in [0.15, 0.2) is 0 Å². The molecule has 1 nitrogen and oxygen atoms in total. The van der Waals surface area contributed by atoms with E-state index in [9.17, 15) is 13.2 Å². The highest BCUT2D eigenvalue weighted by Gasteiger charge is 2.29. The largest absolute Gasteiger partial charge is 0.416 e. The lowest BCUT2D eigenvalue weighted by Crippen LogP contribution is -2.28. The molecule has 2 unspecified atom stereocenters. The molecule has 0 amide bonds. The lowest BCUT2D eigenvalue weighted by Gasteiger charge is -2.17. The highest BCUT2D eigenvalue weighted by Crippen LogP contribution is 2.29. The van der Waals surface area contributed by atoms with Gasteiger partial charge >= 0.3 is 6.18 Å². The van der Waals surface area contributed by atoms with Crippen molar-refractivity contribution in [2.75, 3.05) is 0 Å². The van der Waals surface area contributed by atoms with Crippen molar-refractivity contribution in [3.63, 3.8) is 0 Å². The van der Waals surface area contributed by atoms with Crippen molar-refractivity contribution in [2.24, 2.45) is 5.92 Å². The molecular weight excluding hydrogens is 275 g/mol. The first-order valence-corrected chi connectivity index (χ1v) is 7.88. The second kappa shape index (κ2) is 7.30. The van der Waals surface area contributed by atoms with Crippen molar-refractivity contribution in [2.45, 2.75) is 64.2 Å². The smallest absolute Gasteiger partial charge is 0.310 e. The molecule has 0 aromatic heterocycles. The first kappa shape index (κ1) is 16.3. The van der Waals surface area contributed by atoms with Gasteiger partial charge in [-0.2, -0.15) is 13.2 Å². The lowest BCUT2D eigenvalue weighted by molar-refractivity contribution is -0.137. The number of benzene rings is 1. The summed E-state index contributed by atoms with van der Waals surface area (Å²) >= 11 is 0. The van der Waals surface area contributed by atoms with Gasteiger partial charge in [0.05, 0.1) is 5.56 Å². The summed E-state index contributed by atoms with van der Waals surface area (Å²) in [6.07, 6.45) is 3.20. The Kier molecular flexibility index (Phi) is 5.68. The van der Waals surface area contributed by atoms with Gasteiger partial charge in [-0.05, 0) is 42.9 Å². The van der Waals surface area contributed by atoms with E-state index in [4.69, 9.17) is 0 Å². The topological polar surface area (TPSA) is 12.0 Å². The van der Waals surface area contributed by atoms with Gasteiger partial charge in [0, 0.05) is 12.6 Å². The predicted molar refractivity (Wildman–Crippen MR) is 78.9 cm³/mol. The Hall–Kier alpha value is -1.03. The molecule has 1 N–H and O–H groups in total. The third-order valence-electron chi connectivity index (χ3n) is 4.54. The Balaban J connectivity index is 1.83. The molecule has 1 aromatic rings. The minimum absolute atomic E-state index is 0.504. The molecule has 0 radical (unpaired) electrons. The van der Waals surface area contributed by atoms with Crippen LogP contribution in [0.2, 0.25) is 0 Å². The summed E-state index contributed by atoms with van der Waals surface area (Å²) in [5, 5.41) is 3.50. The van der Waals surface area contributed by atoms with E-state index in [1.807, 2.05) is 0 Å². The van der Waals surface area contributed by atoms with E-state index in [1.54, 1.807) is 12.1 Å². The standard InChI is InChI=1S/C17H24F3N/c1-2-13-4-3-5-16(11-8-13)21-12-14-6-9-15(10-7-14)17(18,19)20/h6-7,9-10,13,16,21H,2-5,8,11-12H2,1H3. The monoisotopic (exact) mass is 299 g/mol. The van der Waals surface area contributed by atoms with Crippen LogP contribution in [0, 0.1) is 5.92 Å². The zero-order valence-electron chi connectivity index (χ0n) is 12.5. The predicted octanol–water partition coefficient (Wildman–Crippen LogP) is 5.15. The van der Waals surface area contributed by atoms with Crippen LogP contribution >= 0.6 is 0 Å². The van der Waals surface area contributed by atoms with Crippen LogP contribution in [0.3, 0.4) is 0 Å². The molecule has 21 heavy (non-hydrogen) atoms. The van der Waals surface area contributed by atoms with E-state index >= 15 is 0 Å². The molecule has 4 heteroatoms. The molecule has 2 rings (SSSR count). The molecule has 118 valence electrons. The average Bonchev–Trinajstić information content (AvgIpc) is 2.69. The number of alkyl halides is 3. The highest BCUT2D eigenvalue weighted by atomic mass is 19.4. The molecule has 0 bridgehead atoms. The van der Waals surface area contributed by atoms with Gasteiger partial charge in [0.2, 0.25) is 0 Å². The summed E-state index contributed by atoms with van der Waals surface area (Å²) in [5.41, 5.74) is 0.339. The quantitative estimate of drug-likeness (QED) is 0.758. The van der Waals surface area contributed by atoms with Gasteiger partial charge in [-0.3, -0.25) is 0 Å². The average molecular weight is 299 g/mol. The minimum Gasteiger partial charge on any atom is -0.310 e. The van der Waals surface area contributed by atoms with E-state index in [2.05, 4.69) is 12.2 Å². The van der Waals surface area contributed by atoms with Gasteiger partial charge in [0.1, 0.15) is 0 Å². The van der Waals surface area contributed by atoms with E-state index in [-0.39, 0.29) is 0 Å².